The van der Waals surface area contributed by atoms with Gasteiger partial charge in [-0.1, -0.05) is 30.3 Å². The first-order chi connectivity index (χ1) is 16.7. The van der Waals surface area contributed by atoms with Crippen molar-refractivity contribution >= 4 is 6.09 Å². The summed E-state index contributed by atoms with van der Waals surface area (Å²) >= 11 is 0. The predicted octanol–water partition coefficient (Wildman–Crippen LogP) is 3.82. The lowest BCUT2D eigenvalue weighted by Crippen LogP contribution is -2.39. The smallest absolute Gasteiger partial charge is 0.410 e. The van der Waals surface area contributed by atoms with E-state index in [9.17, 15) is 4.79 Å². The first-order valence-electron chi connectivity index (χ1n) is 12.0. The minimum atomic E-state index is -0.197. The van der Waals surface area contributed by atoms with Crippen LogP contribution in [0.25, 0.3) is 5.69 Å². The maximum atomic E-state index is 12.4. The van der Waals surface area contributed by atoms with Crippen molar-refractivity contribution in [2.75, 3.05) is 19.7 Å². The molecule has 2 aromatic heterocycles. The van der Waals surface area contributed by atoms with Crippen molar-refractivity contribution in [2.24, 2.45) is 17.8 Å². The molecule has 2 unspecified atom stereocenters. The number of piperidine rings is 1. The number of carbonyl (C=O) groups is 1. The lowest BCUT2D eigenvalue weighted by atomic mass is 9.91. The molecule has 3 heterocycles. The average molecular weight is 463 g/mol. The molecule has 0 radical (unpaired) electrons. The van der Waals surface area contributed by atoms with Crippen LogP contribution < -0.4 is 4.74 Å². The van der Waals surface area contributed by atoms with Crippen LogP contribution in [0.15, 0.2) is 48.9 Å². The van der Waals surface area contributed by atoms with Crippen molar-refractivity contribution in [1.29, 1.82) is 0 Å². The standard InChI is InChI=1S/C25H30N6O3/c1-18-13-22(31-17-27-28-29-31)15-26-24(18)33-12-9-21-14-23(21)20-7-10-30(11-8-20)25(32)34-16-19-5-3-2-4-6-19/h2-6,13,15,17,20-21,23H,7-12,14,16H2,1H3. The van der Waals surface area contributed by atoms with Gasteiger partial charge in [0.05, 0.1) is 18.5 Å². The molecule has 34 heavy (non-hydrogen) atoms. The number of nitrogens with zero attached hydrogens (tertiary/aromatic N) is 6. The van der Waals surface area contributed by atoms with Gasteiger partial charge in [0.1, 0.15) is 12.9 Å². The summed E-state index contributed by atoms with van der Waals surface area (Å²) in [6, 6.07) is 11.8. The number of aryl methyl sites for hydroxylation is 1. The third kappa shape index (κ3) is 5.35. The molecule has 0 bridgehead atoms. The third-order valence-electron chi connectivity index (χ3n) is 6.94. The van der Waals surface area contributed by atoms with Gasteiger partial charge in [0, 0.05) is 18.7 Å². The van der Waals surface area contributed by atoms with Crippen LogP contribution in [0.3, 0.4) is 0 Å². The van der Waals surface area contributed by atoms with Crippen LogP contribution in [0, 0.1) is 24.7 Å². The highest BCUT2D eigenvalue weighted by molar-refractivity contribution is 5.67. The molecular weight excluding hydrogens is 432 g/mol. The van der Waals surface area contributed by atoms with Gasteiger partial charge in [0.15, 0.2) is 0 Å². The summed E-state index contributed by atoms with van der Waals surface area (Å²) in [6.45, 7) is 4.56. The van der Waals surface area contributed by atoms with E-state index >= 15 is 0 Å². The molecule has 0 spiro atoms. The van der Waals surface area contributed by atoms with Gasteiger partial charge in [0.2, 0.25) is 5.88 Å². The minimum Gasteiger partial charge on any atom is -0.477 e. The van der Waals surface area contributed by atoms with E-state index in [0.29, 0.717) is 30.9 Å². The molecule has 178 valence electrons. The number of amides is 1. The van der Waals surface area contributed by atoms with Crippen LogP contribution in [-0.4, -0.2) is 55.9 Å². The van der Waals surface area contributed by atoms with Crippen LogP contribution in [0.1, 0.15) is 36.8 Å². The number of rotatable bonds is 8. The fourth-order valence-corrected chi connectivity index (χ4v) is 4.91. The summed E-state index contributed by atoms with van der Waals surface area (Å²) in [5, 5.41) is 11.2. The Kier molecular flexibility index (Phi) is 6.69. The monoisotopic (exact) mass is 462 g/mol. The largest absolute Gasteiger partial charge is 0.477 e. The molecule has 2 fully saturated rings. The average Bonchev–Trinajstić information content (AvgIpc) is 3.43. The maximum absolute atomic E-state index is 12.4. The summed E-state index contributed by atoms with van der Waals surface area (Å²) < 4.78 is 13.0. The number of hydrogen-bond donors (Lipinski definition) is 0. The van der Waals surface area contributed by atoms with E-state index in [2.05, 4.69) is 20.5 Å². The number of ether oxygens (including phenoxy) is 2. The predicted molar refractivity (Wildman–Crippen MR) is 124 cm³/mol. The SMILES string of the molecule is Cc1cc(-n2cnnn2)cnc1OCCC1CC1C1CCN(C(=O)OCc2ccccc2)CC1. The number of tetrazole rings is 1. The molecule has 1 aromatic carbocycles. The number of carbonyl (C=O) groups excluding carboxylic acids is 1. The summed E-state index contributed by atoms with van der Waals surface area (Å²) in [5.41, 5.74) is 2.79. The van der Waals surface area contributed by atoms with Gasteiger partial charge >= 0.3 is 6.09 Å². The zero-order valence-electron chi connectivity index (χ0n) is 19.4. The fourth-order valence-electron chi connectivity index (χ4n) is 4.91. The van der Waals surface area contributed by atoms with Gasteiger partial charge in [-0.25, -0.2) is 9.78 Å². The van der Waals surface area contributed by atoms with E-state index in [1.54, 1.807) is 17.2 Å². The molecule has 1 amide bonds. The molecule has 5 rings (SSSR count). The zero-order valence-corrected chi connectivity index (χ0v) is 19.4. The third-order valence-corrected chi connectivity index (χ3v) is 6.94. The number of aromatic nitrogens is 5. The fraction of sp³-hybridized carbons (Fsp3) is 0.480. The minimum absolute atomic E-state index is 0.197. The molecule has 1 aliphatic heterocycles. The molecule has 9 heteroatoms. The Hall–Kier alpha value is -3.49. The quantitative estimate of drug-likeness (QED) is 0.502. The Bertz CT molecular complexity index is 1080. The van der Waals surface area contributed by atoms with Gasteiger partial charge in [-0.2, -0.15) is 4.68 Å². The second kappa shape index (κ2) is 10.2. The van der Waals surface area contributed by atoms with Crippen molar-refractivity contribution < 1.29 is 14.3 Å². The maximum Gasteiger partial charge on any atom is 0.410 e. The number of hydrogen-bond acceptors (Lipinski definition) is 7. The van der Waals surface area contributed by atoms with Crippen molar-refractivity contribution in [1.82, 2.24) is 30.1 Å². The summed E-state index contributed by atoms with van der Waals surface area (Å²) in [7, 11) is 0. The summed E-state index contributed by atoms with van der Waals surface area (Å²) in [5.74, 6) is 2.82. The van der Waals surface area contributed by atoms with Crippen LogP contribution in [-0.2, 0) is 11.3 Å². The van der Waals surface area contributed by atoms with E-state index in [1.165, 1.54) is 6.42 Å². The Morgan fingerprint density at radius 3 is 2.74 bits per heavy atom. The second-order valence-electron chi connectivity index (χ2n) is 9.23. The highest BCUT2D eigenvalue weighted by Gasteiger charge is 2.43. The van der Waals surface area contributed by atoms with Gasteiger partial charge in [0.25, 0.3) is 0 Å². The van der Waals surface area contributed by atoms with Crippen molar-refractivity contribution in [3.05, 3.63) is 60.0 Å². The summed E-state index contributed by atoms with van der Waals surface area (Å²) in [4.78, 5) is 18.7. The van der Waals surface area contributed by atoms with Crippen molar-refractivity contribution in [3.63, 3.8) is 0 Å². The van der Waals surface area contributed by atoms with E-state index in [4.69, 9.17) is 9.47 Å². The second-order valence-corrected chi connectivity index (χ2v) is 9.23. The number of pyridine rings is 1. The first-order valence-corrected chi connectivity index (χ1v) is 12.0. The van der Waals surface area contributed by atoms with Crippen molar-refractivity contribution in [3.8, 4) is 11.6 Å². The molecule has 3 aromatic rings. The molecule has 0 N–H and O–H groups in total. The normalized spacial score (nSPS) is 20.2. The highest BCUT2D eigenvalue weighted by atomic mass is 16.6. The molecule has 1 aliphatic carbocycles. The number of benzene rings is 1. The summed E-state index contributed by atoms with van der Waals surface area (Å²) in [6.07, 6.45) is 7.48. The van der Waals surface area contributed by atoms with Crippen LogP contribution in [0.5, 0.6) is 5.88 Å². The Balaban J connectivity index is 1.01. The van der Waals surface area contributed by atoms with E-state index in [-0.39, 0.29) is 6.09 Å². The Morgan fingerprint density at radius 1 is 1.18 bits per heavy atom. The van der Waals surface area contributed by atoms with E-state index in [0.717, 1.165) is 55.1 Å². The molecule has 1 saturated heterocycles. The topological polar surface area (TPSA) is 95.3 Å². The molecule has 1 saturated carbocycles. The van der Waals surface area contributed by atoms with Crippen LogP contribution >= 0.6 is 0 Å². The van der Waals surface area contributed by atoms with Crippen molar-refractivity contribution in [2.45, 2.75) is 39.2 Å². The van der Waals surface area contributed by atoms with Crippen LogP contribution in [0.2, 0.25) is 0 Å². The highest BCUT2D eigenvalue weighted by Crippen LogP contribution is 2.49. The first kappa shape index (κ1) is 22.3. The number of likely N-dealkylation sites (tertiary alicyclic amines) is 1. The zero-order chi connectivity index (χ0) is 23.3. The molecular formula is C25H30N6O3. The van der Waals surface area contributed by atoms with Gasteiger partial charge in [-0.05, 0) is 72.4 Å². The van der Waals surface area contributed by atoms with Gasteiger partial charge < -0.3 is 14.4 Å². The van der Waals surface area contributed by atoms with E-state index in [1.807, 2.05) is 48.2 Å². The van der Waals surface area contributed by atoms with Gasteiger partial charge in [-0.15, -0.1) is 5.10 Å². The molecule has 2 aliphatic rings. The Morgan fingerprint density at radius 2 is 2.00 bits per heavy atom. The molecule has 9 nitrogen and oxygen atoms in total. The molecule has 2 atom stereocenters. The Labute approximate surface area is 199 Å². The lowest BCUT2D eigenvalue weighted by molar-refractivity contribution is 0.0796. The van der Waals surface area contributed by atoms with Gasteiger partial charge in [-0.3, -0.25) is 0 Å². The lowest BCUT2D eigenvalue weighted by Gasteiger charge is -2.31. The van der Waals surface area contributed by atoms with Crippen LogP contribution in [0.4, 0.5) is 4.79 Å². The van der Waals surface area contributed by atoms with E-state index < -0.39 is 0 Å².